The van der Waals surface area contributed by atoms with Crippen molar-refractivity contribution in [3.05, 3.63) is 29.8 Å². The molecule has 0 aliphatic carbocycles. The number of benzene rings is 1. The van der Waals surface area contributed by atoms with Gasteiger partial charge in [0.15, 0.2) is 0 Å². The van der Waals surface area contributed by atoms with Crippen LogP contribution in [0, 0.1) is 6.92 Å². The lowest BCUT2D eigenvalue weighted by molar-refractivity contribution is -0.137. The van der Waals surface area contributed by atoms with Gasteiger partial charge in [0.2, 0.25) is 5.91 Å². The van der Waals surface area contributed by atoms with Gasteiger partial charge in [0.1, 0.15) is 0 Å². The highest BCUT2D eigenvalue weighted by Gasteiger charge is 2.26. The Morgan fingerprint density at radius 1 is 1.53 bits per heavy atom. The number of hydrogen-bond donors (Lipinski definition) is 2. The van der Waals surface area contributed by atoms with Crippen LogP contribution in [-0.4, -0.2) is 36.1 Å². The number of piperazine rings is 1. The van der Waals surface area contributed by atoms with E-state index < -0.39 is 5.97 Å². The van der Waals surface area contributed by atoms with Crippen molar-refractivity contribution in [2.24, 2.45) is 0 Å². The van der Waals surface area contributed by atoms with Gasteiger partial charge in [0.05, 0.1) is 6.54 Å². The Morgan fingerprint density at radius 2 is 2.32 bits per heavy atom. The number of carboxylic acid groups (broad SMARTS) is 1. The standard InChI is InChI=1S/C14H18N2O3/c1-10-3-2-4-12(7-10)16-9-11(5-6-14(18)19)15-8-13(16)17/h2-4,7,11,15H,5-6,8-9H2,1H3,(H,18,19). The lowest BCUT2D eigenvalue weighted by Crippen LogP contribution is -2.54. The fraction of sp³-hybridized carbons (Fsp3) is 0.429. The van der Waals surface area contributed by atoms with E-state index in [2.05, 4.69) is 5.32 Å². The number of nitrogens with one attached hydrogen (secondary N) is 1. The summed E-state index contributed by atoms with van der Waals surface area (Å²) < 4.78 is 0. The molecule has 1 saturated heterocycles. The predicted molar refractivity (Wildman–Crippen MR) is 72.2 cm³/mol. The molecule has 1 atom stereocenters. The van der Waals surface area contributed by atoms with Crippen LogP contribution in [0.15, 0.2) is 24.3 Å². The maximum atomic E-state index is 11.9. The maximum absolute atomic E-state index is 11.9. The second-order valence-corrected chi connectivity index (χ2v) is 4.85. The number of aliphatic carboxylic acids is 1. The number of carboxylic acids is 1. The molecule has 0 aromatic heterocycles. The van der Waals surface area contributed by atoms with Gasteiger partial charge < -0.3 is 15.3 Å². The molecule has 1 aliphatic heterocycles. The average Bonchev–Trinajstić information content (AvgIpc) is 2.37. The number of carbonyl (C=O) groups is 2. The highest BCUT2D eigenvalue weighted by molar-refractivity contribution is 5.95. The zero-order chi connectivity index (χ0) is 13.8. The summed E-state index contributed by atoms with van der Waals surface area (Å²) in [6.45, 7) is 2.77. The van der Waals surface area contributed by atoms with E-state index >= 15 is 0 Å². The first-order valence-corrected chi connectivity index (χ1v) is 6.38. The molecule has 5 heteroatoms. The van der Waals surface area contributed by atoms with E-state index in [1.165, 1.54) is 0 Å². The smallest absolute Gasteiger partial charge is 0.303 e. The van der Waals surface area contributed by atoms with Crippen LogP contribution in [0.25, 0.3) is 0 Å². The van der Waals surface area contributed by atoms with Crippen molar-refractivity contribution in [1.29, 1.82) is 0 Å². The highest BCUT2D eigenvalue weighted by Crippen LogP contribution is 2.19. The third-order valence-electron chi connectivity index (χ3n) is 3.27. The Bertz CT molecular complexity index is 487. The summed E-state index contributed by atoms with van der Waals surface area (Å²) in [5.74, 6) is -0.780. The van der Waals surface area contributed by atoms with Gasteiger partial charge in [0.25, 0.3) is 0 Å². The number of aryl methyl sites for hydroxylation is 1. The summed E-state index contributed by atoms with van der Waals surface area (Å²) in [4.78, 5) is 24.3. The highest BCUT2D eigenvalue weighted by atomic mass is 16.4. The van der Waals surface area contributed by atoms with Gasteiger partial charge in [-0.2, -0.15) is 0 Å². The first kappa shape index (κ1) is 13.5. The molecule has 19 heavy (non-hydrogen) atoms. The van der Waals surface area contributed by atoms with Crippen molar-refractivity contribution >= 4 is 17.6 Å². The molecule has 1 unspecified atom stereocenters. The molecule has 102 valence electrons. The van der Waals surface area contributed by atoms with Crippen LogP contribution in [0.5, 0.6) is 0 Å². The SMILES string of the molecule is Cc1cccc(N2CC(CCC(=O)O)NCC2=O)c1. The normalized spacial score (nSPS) is 19.5. The first-order valence-electron chi connectivity index (χ1n) is 6.38. The van der Waals surface area contributed by atoms with Crippen LogP contribution in [0.3, 0.4) is 0 Å². The zero-order valence-electron chi connectivity index (χ0n) is 10.9. The minimum absolute atomic E-state index is 0.0252. The molecule has 1 fully saturated rings. The van der Waals surface area contributed by atoms with Gasteiger partial charge >= 0.3 is 5.97 Å². The molecule has 0 radical (unpaired) electrons. The van der Waals surface area contributed by atoms with Crippen molar-refractivity contribution in [2.75, 3.05) is 18.0 Å². The molecule has 1 aromatic rings. The summed E-state index contributed by atoms with van der Waals surface area (Å²) in [5, 5.41) is 11.8. The fourth-order valence-corrected chi connectivity index (χ4v) is 2.25. The molecule has 1 heterocycles. The fourth-order valence-electron chi connectivity index (χ4n) is 2.25. The number of rotatable bonds is 4. The second-order valence-electron chi connectivity index (χ2n) is 4.85. The largest absolute Gasteiger partial charge is 0.481 e. The molecular weight excluding hydrogens is 244 g/mol. The van der Waals surface area contributed by atoms with Crippen molar-refractivity contribution in [1.82, 2.24) is 5.32 Å². The first-order chi connectivity index (χ1) is 9.06. The molecule has 2 rings (SSSR count). The summed E-state index contributed by atoms with van der Waals surface area (Å²) in [5.41, 5.74) is 1.98. The zero-order valence-corrected chi connectivity index (χ0v) is 10.9. The van der Waals surface area contributed by atoms with Gasteiger partial charge in [0, 0.05) is 24.7 Å². The molecule has 1 aromatic carbocycles. The van der Waals surface area contributed by atoms with Gasteiger partial charge in [-0.15, -0.1) is 0 Å². The van der Waals surface area contributed by atoms with Gasteiger partial charge in [-0.25, -0.2) is 0 Å². The molecule has 1 amide bonds. The van der Waals surface area contributed by atoms with E-state index in [9.17, 15) is 9.59 Å². The van der Waals surface area contributed by atoms with Crippen molar-refractivity contribution in [3.8, 4) is 0 Å². The third kappa shape index (κ3) is 3.54. The van der Waals surface area contributed by atoms with Crippen LogP contribution < -0.4 is 10.2 Å². The summed E-state index contributed by atoms with van der Waals surface area (Å²) in [6.07, 6.45) is 0.651. The maximum Gasteiger partial charge on any atom is 0.303 e. The van der Waals surface area contributed by atoms with Gasteiger partial charge in [-0.3, -0.25) is 9.59 Å². The van der Waals surface area contributed by atoms with Crippen LogP contribution in [0.4, 0.5) is 5.69 Å². The van der Waals surface area contributed by atoms with Gasteiger partial charge in [-0.1, -0.05) is 12.1 Å². The van der Waals surface area contributed by atoms with E-state index in [1.807, 2.05) is 31.2 Å². The van der Waals surface area contributed by atoms with E-state index in [1.54, 1.807) is 4.90 Å². The molecule has 0 bridgehead atoms. The topological polar surface area (TPSA) is 69.6 Å². The lowest BCUT2D eigenvalue weighted by Gasteiger charge is -2.33. The summed E-state index contributed by atoms with van der Waals surface area (Å²) in [6, 6.07) is 7.82. The molecule has 2 N–H and O–H groups in total. The van der Waals surface area contributed by atoms with Crippen molar-refractivity contribution in [3.63, 3.8) is 0 Å². The number of anilines is 1. The molecule has 0 spiro atoms. The quantitative estimate of drug-likeness (QED) is 0.854. The summed E-state index contributed by atoms with van der Waals surface area (Å²) in [7, 11) is 0. The predicted octanol–water partition coefficient (Wildman–Crippen LogP) is 1.16. The van der Waals surface area contributed by atoms with E-state index in [0.29, 0.717) is 13.0 Å². The Hall–Kier alpha value is -1.88. The molecule has 5 nitrogen and oxygen atoms in total. The van der Waals surface area contributed by atoms with Crippen molar-refractivity contribution < 1.29 is 14.7 Å². The molecule has 0 saturated carbocycles. The van der Waals surface area contributed by atoms with Crippen LogP contribution >= 0.6 is 0 Å². The minimum atomic E-state index is -0.805. The number of carbonyl (C=O) groups excluding carboxylic acids is 1. The lowest BCUT2D eigenvalue weighted by atomic mass is 10.1. The van der Waals surface area contributed by atoms with E-state index in [-0.39, 0.29) is 24.9 Å². The number of nitrogens with zero attached hydrogens (tertiary/aromatic N) is 1. The van der Waals surface area contributed by atoms with Crippen LogP contribution in [0.1, 0.15) is 18.4 Å². The number of amides is 1. The Kier molecular flexibility index (Phi) is 4.16. The molecular formula is C14H18N2O3. The minimum Gasteiger partial charge on any atom is -0.481 e. The second kappa shape index (κ2) is 5.84. The Balaban J connectivity index is 2.06. The van der Waals surface area contributed by atoms with Crippen LogP contribution in [-0.2, 0) is 9.59 Å². The Labute approximate surface area is 112 Å². The Morgan fingerprint density at radius 3 is 3.00 bits per heavy atom. The van der Waals surface area contributed by atoms with Crippen molar-refractivity contribution in [2.45, 2.75) is 25.8 Å². The van der Waals surface area contributed by atoms with E-state index in [4.69, 9.17) is 5.11 Å². The average molecular weight is 262 g/mol. The van der Waals surface area contributed by atoms with Crippen LogP contribution in [0.2, 0.25) is 0 Å². The third-order valence-corrected chi connectivity index (χ3v) is 3.27. The summed E-state index contributed by atoms with van der Waals surface area (Å²) >= 11 is 0. The van der Waals surface area contributed by atoms with E-state index in [0.717, 1.165) is 11.3 Å². The number of hydrogen-bond acceptors (Lipinski definition) is 3. The monoisotopic (exact) mass is 262 g/mol. The van der Waals surface area contributed by atoms with Gasteiger partial charge in [-0.05, 0) is 31.0 Å². The molecule has 1 aliphatic rings.